The Morgan fingerprint density at radius 2 is 1.69 bits per heavy atom. The molecule has 0 saturated carbocycles. The lowest BCUT2D eigenvalue weighted by molar-refractivity contribution is 0.0112. The third-order valence-electron chi connectivity index (χ3n) is 5.63. The van der Waals surface area contributed by atoms with Crippen LogP contribution in [0.25, 0.3) is 11.3 Å². The number of hydrogen-bond acceptors (Lipinski definition) is 5. The Morgan fingerprint density at radius 3 is 2.31 bits per heavy atom. The highest BCUT2D eigenvalue weighted by Gasteiger charge is 2.25. The highest BCUT2D eigenvalue weighted by Crippen LogP contribution is 2.34. The molecule has 3 rings (SSSR count). The number of rotatable bonds is 12. The molecule has 0 saturated heterocycles. The van der Waals surface area contributed by atoms with E-state index in [1.807, 2.05) is 62.5 Å². The van der Waals surface area contributed by atoms with E-state index in [1.165, 1.54) is 0 Å². The van der Waals surface area contributed by atoms with Gasteiger partial charge in [-0.25, -0.2) is 4.68 Å². The maximum Gasteiger partial charge on any atom is 0.222 e. The van der Waals surface area contributed by atoms with Crippen LogP contribution < -0.4 is 4.74 Å². The maximum absolute atomic E-state index is 10.6. The maximum atomic E-state index is 10.6. The minimum absolute atomic E-state index is 0.277. The van der Waals surface area contributed by atoms with Gasteiger partial charge in [-0.15, -0.1) is 0 Å². The van der Waals surface area contributed by atoms with Crippen LogP contribution in [-0.2, 0) is 18.3 Å². The molecule has 3 aromatic rings. The van der Waals surface area contributed by atoms with E-state index in [4.69, 9.17) is 14.6 Å². The summed E-state index contributed by atoms with van der Waals surface area (Å²) in [6, 6.07) is 20.2. The van der Waals surface area contributed by atoms with Crippen LogP contribution in [0, 0.1) is 0 Å². The van der Waals surface area contributed by atoms with Crippen molar-refractivity contribution in [2.24, 2.45) is 7.05 Å². The zero-order valence-corrected chi connectivity index (χ0v) is 19.6. The third kappa shape index (κ3) is 6.19. The molecule has 0 aliphatic heterocycles. The van der Waals surface area contributed by atoms with Crippen LogP contribution in [0.5, 0.6) is 11.6 Å². The van der Waals surface area contributed by atoms with Crippen molar-refractivity contribution in [1.29, 1.82) is 0 Å². The van der Waals surface area contributed by atoms with Crippen molar-refractivity contribution in [1.82, 2.24) is 14.7 Å². The van der Waals surface area contributed by atoms with Crippen molar-refractivity contribution in [3.05, 3.63) is 66.2 Å². The molecule has 0 spiro atoms. The van der Waals surface area contributed by atoms with Gasteiger partial charge in [0, 0.05) is 38.3 Å². The number of aliphatic hydroxyl groups excluding tert-OH is 1. The van der Waals surface area contributed by atoms with Gasteiger partial charge in [-0.1, -0.05) is 55.5 Å². The first kappa shape index (κ1) is 24.0. The highest BCUT2D eigenvalue weighted by molar-refractivity contribution is 5.65. The van der Waals surface area contributed by atoms with Gasteiger partial charge in [-0.2, -0.15) is 5.10 Å². The number of hydrogen-bond donors (Lipinski definition) is 1. The lowest BCUT2D eigenvalue weighted by Gasteiger charge is -2.30. The topological polar surface area (TPSA) is 59.8 Å². The summed E-state index contributed by atoms with van der Waals surface area (Å²) in [6.45, 7) is 8.33. The van der Waals surface area contributed by atoms with Gasteiger partial charge in [0.15, 0.2) is 0 Å². The second-order valence-electron chi connectivity index (χ2n) is 8.04. The van der Waals surface area contributed by atoms with E-state index < -0.39 is 6.10 Å². The number of aromatic nitrogens is 2. The Balaban J connectivity index is 1.98. The Morgan fingerprint density at radius 1 is 1.03 bits per heavy atom. The zero-order valence-electron chi connectivity index (χ0n) is 19.6. The van der Waals surface area contributed by atoms with Crippen molar-refractivity contribution in [3.8, 4) is 22.9 Å². The summed E-state index contributed by atoms with van der Waals surface area (Å²) in [6.07, 6.45) is 0.413. The number of aryl methyl sites for hydroxylation is 1. The molecule has 6 heteroatoms. The largest absolute Gasteiger partial charge is 0.439 e. The molecule has 6 nitrogen and oxygen atoms in total. The molecule has 0 aliphatic rings. The molecule has 0 aliphatic carbocycles. The molecule has 1 aromatic heterocycles. The van der Waals surface area contributed by atoms with E-state index >= 15 is 0 Å². The third-order valence-corrected chi connectivity index (χ3v) is 5.63. The van der Waals surface area contributed by atoms with Crippen molar-refractivity contribution in [3.63, 3.8) is 0 Å². The quantitative estimate of drug-likeness (QED) is 0.438. The standard InChI is InChI=1S/C26H35N3O3/c1-5-20(3)29(17-22(30)19-31-6-2)18-24-25(21-13-9-7-10-14-21)27-28(4)26(24)32-23-15-11-8-12-16-23/h7-16,20,22,30H,5-6,17-19H2,1-4H3/t20-,22+/m1/s1. The SMILES string of the molecule is CCOC[C@@H](O)CN(Cc1c(-c2ccccc2)nn(C)c1Oc1ccccc1)[C@H](C)CC. The second kappa shape index (κ2) is 11.8. The molecule has 0 fully saturated rings. The summed E-state index contributed by atoms with van der Waals surface area (Å²) in [7, 11) is 1.91. The van der Waals surface area contributed by atoms with Gasteiger partial charge in [-0.3, -0.25) is 4.90 Å². The van der Waals surface area contributed by atoms with Crippen molar-refractivity contribution in [2.75, 3.05) is 19.8 Å². The number of benzene rings is 2. The van der Waals surface area contributed by atoms with Crippen LogP contribution in [0.15, 0.2) is 60.7 Å². The molecular formula is C26H35N3O3. The van der Waals surface area contributed by atoms with Crippen molar-refractivity contribution >= 4 is 0 Å². The average molecular weight is 438 g/mol. The fraction of sp³-hybridized carbons (Fsp3) is 0.423. The van der Waals surface area contributed by atoms with Gasteiger partial charge in [0.1, 0.15) is 11.4 Å². The van der Waals surface area contributed by atoms with E-state index in [2.05, 4.69) is 30.9 Å². The van der Waals surface area contributed by atoms with Crippen LogP contribution in [0.1, 0.15) is 32.8 Å². The van der Waals surface area contributed by atoms with Gasteiger partial charge in [-0.05, 0) is 32.4 Å². The van der Waals surface area contributed by atoms with E-state index in [0.717, 1.165) is 29.0 Å². The number of nitrogens with zero attached hydrogens (tertiary/aromatic N) is 3. The summed E-state index contributed by atoms with van der Waals surface area (Å²) < 4.78 is 13.6. The molecule has 0 radical (unpaired) electrons. The van der Waals surface area contributed by atoms with Crippen LogP contribution in [0.4, 0.5) is 0 Å². The van der Waals surface area contributed by atoms with Crippen molar-refractivity contribution < 1.29 is 14.6 Å². The van der Waals surface area contributed by atoms with E-state index in [1.54, 1.807) is 4.68 Å². The normalized spacial score (nSPS) is 13.3. The van der Waals surface area contributed by atoms with Gasteiger partial charge >= 0.3 is 0 Å². The Kier molecular flexibility index (Phi) is 8.85. The summed E-state index contributed by atoms with van der Waals surface area (Å²) in [4.78, 5) is 2.28. The minimum atomic E-state index is -0.556. The molecule has 0 amide bonds. The lowest BCUT2D eigenvalue weighted by Crippen LogP contribution is -2.40. The van der Waals surface area contributed by atoms with E-state index in [-0.39, 0.29) is 6.04 Å². The lowest BCUT2D eigenvalue weighted by atomic mass is 10.1. The van der Waals surface area contributed by atoms with Gasteiger partial charge in [0.2, 0.25) is 5.88 Å². The predicted octanol–water partition coefficient (Wildman–Crippen LogP) is 4.88. The summed E-state index contributed by atoms with van der Waals surface area (Å²) in [5.74, 6) is 1.48. The second-order valence-corrected chi connectivity index (χ2v) is 8.04. The van der Waals surface area contributed by atoms with E-state index in [9.17, 15) is 5.11 Å². The molecule has 0 bridgehead atoms. The molecule has 1 heterocycles. The average Bonchev–Trinajstić information content (AvgIpc) is 3.12. The number of ether oxygens (including phenoxy) is 2. The molecule has 172 valence electrons. The molecule has 0 unspecified atom stereocenters. The van der Waals surface area contributed by atoms with Crippen LogP contribution in [-0.4, -0.2) is 51.7 Å². The highest BCUT2D eigenvalue weighted by atomic mass is 16.5. The minimum Gasteiger partial charge on any atom is -0.439 e. The predicted molar refractivity (Wildman–Crippen MR) is 128 cm³/mol. The monoisotopic (exact) mass is 437 g/mol. The first-order valence-corrected chi connectivity index (χ1v) is 11.4. The van der Waals surface area contributed by atoms with Crippen LogP contribution in [0.3, 0.4) is 0 Å². The first-order valence-electron chi connectivity index (χ1n) is 11.4. The summed E-state index contributed by atoms with van der Waals surface area (Å²) >= 11 is 0. The zero-order chi connectivity index (χ0) is 22.9. The number of para-hydroxylation sites is 1. The fourth-order valence-corrected chi connectivity index (χ4v) is 3.69. The van der Waals surface area contributed by atoms with Gasteiger partial charge in [0.25, 0.3) is 0 Å². The number of aliphatic hydroxyl groups is 1. The van der Waals surface area contributed by atoms with Crippen LogP contribution in [0.2, 0.25) is 0 Å². The van der Waals surface area contributed by atoms with Crippen LogP contribution >= 0.6 is 0 Å². The Labute approximate surface area is 191 Å². The molecule has 1 N–H and O–H groups in total. The van der Waals surface area contributed by atoms with E-state index in [0.29, 0.717) is 32.2 Å². The summed E-state index contributed by atoms with van der Waals surface area (Å²) in [5, 5.41) is 15.4. The van der Waals surface area contributed by atoms with Gasteiger partial charge < -0.3 is 14.6 Å². The smallest absolute Gasteiger partial charge is 0.222 e. The van der Waals surface area contributed by atoms with Gasteiger partial charge in [0.05, 0.1) is 18.3 Å². The summed E-state index contributed by atoms with van der Waals surface area (Å²) in [5.41, 5.74) is 2.94. The first-order chi connectivity index (χ1) is 15.5. The Hall–Kier alpha value is -2.67. The molecule has 2 atom stereocenters. The van der Waals surface area contributed by atoms with Crippen molar-refractivity contribution in [2.45, 2.75) is 45.9 Å². The Bertz CT molecular complexity index is 944. The molecule has 2 aromatic carbocycles. The fourth-order valence-electron chi connectivity index (χ4n) is 3.69. The molecular weight excluding hydrogens is 402 g/mol. The molecule has 32 heavy (non-hydrogen) atoms.